The van der Waals surface area contributed by atoms with Crippen LogP contribution in [0.15, 0.2) is 48.5 Å². The van der Waals surface area contributed by atoms with E-state index >= 15 is 0 Å². The molecule has 114 valence electrons. The number of nitrogens with zero attached hydrogens (tertiary/aromatic N) is 1. The van der Waals surface area contributed by atoms with Crippen LogP contribution >= 0.6 is 0 Å². The molecule has 0 bridgehead atoms. The molecule has 1 aliphatic heterocycles. The van der Waals surface area contributed by atoms with E-state index in [1.54, 1.807) is 12.1 Å². The second kappa shape index (κ2) is 5.48. The molecule has 1 unspecified atom stereocenters. The van der Waals surface area contributed by atoms with Gasteiger partial charge in [-0.25, -0.2) is 0 Å². The topological polar surface area (TPSA) is 59.5 Å². The molecule has 0 radical (unpaired) electrons. The second-order valence-corrected chi connectivity index (χ2v) is 5.47. The number of benzene rings is 2. The summed E-state index contributed by atoms with van der Waals surface area (Å²) in [6, 6.07) is 15.0. The maximum absolute atomic E-state index is 10.3. The number of para-hydroxylation sites is 1. The van der Waals surface area contributed by atoms with Crippen LogP contribution in [0.5, 0.6) is 5.75 Å². The van der Waals surface area contributed by atoms with E-state index < -0.39 is 0 Å². The van der Waals surface area contributed by atoms with Crippen molar-refractivity contribution in [3.63, 3.8) is 0 Å². The maximum atomic E-state index is 10.3. The van der Waals surface area contributed by atoms with E-state index in [1.807, 2.05) is 24.3 Å². The van der Waals surface area contributed by atoms with Gasteiger partial charge in [-0.3, -0.25) is 0 Å². The highest BCUT2D eigenvalue weighted by Gasteiger charge is 2.30. The minimum absolute atomic E-state index is 0. The van der Waals surface area contributed by atoms with Crippen LogP contribution in [0.1, 0.15) is 30.3 Å². The lowest BCUT2D eigenvalue weighted by atomic mass is 9.94. The Morgan fingerprint density at radius 1 is 1.05 bits per heavy atom. The lowest BCUT2D eigenvalue weighted by Gasteiger charge is -2.31. The molecule has 22 heavy (non-hydrogen) atoms. The number of hydroxylamine groups is 2. The van der Waals surface area contributed by atoms with Crippen molar-refractivity contribution in [1.82, 2.24) is 10.0 Å². The number of phenols is 1. The monoisotopic (exact) mass is 296 g/mol. The Bertz CT molecular complexity index is 792. The average Bonchev–Trinajstić information content (AvgIpc) is 2.87. The third kappa shape index (κ3) is 2.17. The number of aromatic hydroxyl groups is 1. The number of aromatic amines is 1. The van der Waals surface area contributed by atoms with Crippen molar-refractivity contribution >= 4 is 10.9 Å². The van der Waals surface area contributed by atoms with Crippen LogP contribution < -0.4 is 0 Å². The Balaban J connectivity index is 0.00000144. The highest BCUT2D eigenvalue weighted by Crippen LogP contribution is 2.37. The fraction of sp³-hybridized carbons (Fsp3) is 0.222. The predicted octanol–water partition coefficient (Wildman–Crippen LogP) is 3.85. The molecule has 1 atom stereocenters. The molecule has 0 amide bonds. The molecule has 4 heteroatoms. The van der Waals surface area contributed by atoms with Crippen molar-refractivity contribution < 1.29 is 10.3 Å². The summed E-state index contributed by atoms with van der Waals surface area (Å²) in [7, 11) is 0. The number of H-pyrrole nitrogens is 1. The number of aromatic nitrogens is 1. The summed E-state index contributed by atoms with van der Waals surface area (Å²) < 4.78 is 0. The maximum Gasteiger partial charge on any atom is 0.115 e. The van der Waals surface area contributed by atoms with Crippen molar-refractivity contribution in [1.29, 1.82) is 0 Å². The molecule has 2 aromatic carbocycles. The van der Waals surface area contributed by atoms with E-state index in [0.717, 1.165) is 23.2 Å². The lowest BCUT2D eigenvalue weighted by molar-refractivity contribution is -0.122. The zero-order valence-electron chi connectivity index (χ0n) is 11.5. The molecule has 2 heterocycles. The third-order valence-electron chi connectivity index (χ3n) is 4.22. The smallest absolute Gasteiger partial charge is 0.115 e. The summed E-state index contributed by atoms with van der Waals surface area (Å²) in [5.41, 5.74) is 4.37. The number of fused-ring (bicyclic) bond motifs is 3. The number of hydrogen-bond donors (Lipinski definition) is 3. The Morgan fingerprint density at radius 2 is 1.77 bits per heavy atom. The summed E-state index contributed by atoms with van der Waals surface area (Å²) in [6.07, 6.45) is 0.824. The Kier molecular flexibility index (Phi) is 3.64. The molecule has 0 saturated heterocycles. The average molecular weight is 296 g/mol. The van der Waals surface area contributed by atoms with Crippen LogP contribution in [0.25, 0.3) is 10.9 Å². The highest BCUT2D eigenvalue weighted by atomic mass is 16.5. The van der Waals surface area contributed by atoms with Gasteiger partial charge in [0.1, 0.15) is 11.8 Å². The van der Waals surface area contributed by atoms with E-state index in [1.165, 1.54) is 16.0 Å². The largest absolute Gasteiger partial charge is 0.508 e. The summed E-state index contributed by atoms with van der Waals surface area (Å²) >= 11 is 0. The van der Waals surface area contributed by atoms with Gasteiger partial charge in [-0.05, 0) is 35.7 Å². The SMILES string of the molecule is C.Oc1ccc(C2c3[nH]c4ccccc4c3CCN2O)cc1. The van der Waals surface area contributed by atoms with Gasteiger partial charge in [0.05, 0.1) is 0 Å². The molecule has 0 aliphatic carbocycles. The molecular weight excluding hydrogens is 276 g/mol. The zero-order valence-corrected chi connectivity index (χ0v) is 11.5. The van der Waals surface area contributed by atoms with Gasteiger partial charge in [0, 0.05) is 23.1 Å². The first-order valence-corrected chi connectivity index (χ1v) is 7.08. The Labute approximate surface area is 129 Å². The van der Waals surface area contributed by atoms with Crippen molar-refractivity contribution in [2.75, 3.05) is 6.54 Å². The highest BCUT2D eigenvalue weighted by molar-refractivity contribution is 5.85. The van der Waals surface area contributed by atoms with Crippen molar-refractivity contribution in [2.45, 2.75) is 19.9 Å². The molecule has 0 saturated carbocycles. The van der Waals surface area contributed by atoms with Gasteiger partial charge in [-0.1, -0.05) is 37.8 Å². The van der Waals surface area contributed by atoms with Crippen molar-refractivity contribution in [3.8, 4) is 5.75 Å². The molecule has 0 spiro atoms. The van der Waals surface area contributed by atoms with E-state index in [0.29, 0.717) is 6.54 Å². The van der Waals surface area contributed by atoms with Crippen molar-refractivity contribution in [2.24, 2.45) is 0 Å². The first-order valence-electron chi connectivity index (χ1n) is 7.08. The van der Waals surface area contributed by atoms with Gasteiger partial charge in [0.15, 0.2) is 0 Å². The number of hydrogen-bond acceptors (Lipinski definition) is 3. The van der Waals surface area contributed by atoms with E-state index in [2.05, 4.69) is 17.1 Å². The molecule has 3 N–H and O–H groups in total. The van der Waals surface area contributed by atoms with Crippen LogP contribution in [0.4, 0.5) is 0 Å². The standard InChI is InChI=1S/C17H16N2O2.CH4/c20-12-7-5-11(6-8-12)17-16-14(9-10-19(17)21)13-3-1-2-4-15(13)18-16;/h1-8,17-18,20-21H,9-10H2;1H4. The summed E-state index contributed by atoms with van der Waals surface area (Å²) in [6.45, 7) is 0.598. The van der Waals surface area contributed by atoms with Gasteiger partial charge in [-0.15, -0.1) is 0 Å². The Morgan fingerprint density at radius 3 is 2.55 bits per heavy atom. The van der Waals surface area contributed by atoms with Gasteiger partial charge < -0.3 is 15.3 Å². The first kappa shape index (κ1) is 14.6. The third-order valence-corrected chi connectivity index (χ3v) is 4.22. The summed E-state index contributed by atoms with van der Waals surface area (Å²) in [4.78, 5) is 3.45. The number of phenolic OH excluding ortho intramolecular Hbond substituents is 1. The molecule has 4 rings (SSSR count). The van der Waals surface area contributed by atoms with Crippen LogP contribution in [0.3, 0.4) is 0 Å². The van der Waals surface area contributed by atoms with Gasteiger partial charge >= 0.3 is 0 Å². The van der Waals surface area contributed by atoms with Crippen molar-refractivity contribution in [3.05, 3.63) is 65.4 Å². The van der Waals surface area contributed by atoms with Gasteiger partial charge in [0.25, 0.3) is 0 Å². The first-order chi connectivity index (χ1) is 10.2. The fourth-order valence-corrected chi connectivity index (χ4v) is 3.22. The molecule has 1 aromatic heterocycles. The normalized spacial score (nSPS) is 18.0. The van der Waals surface area contributed by atoms with E-state index in [4.69, 9.17) is 0 Å². The van der Waals surface area contributed by atoms with E-state index in [9.17, 15) is 10.3 Å². The molecule has 3 aromatic rings. The number of nitrogens with one attached hydrogen (secondary N) is 1. The predicted molar refractivity (Wildman–Crippen MR) is 87.2 cm³/mol. The number of rotatable bonds is 1. The Hall–Kier alpha value is -2.30. The van der Waals surface area contributed by atoms with Crippen LogP contribution in [-0.2, 0) is 6.42 Å². The zero-order chi connectivity index (χ0) is 14.4. The van der Waals surface area contributed by atoms with Gasteiger partial charge in [0.2, 0.25) is 0 Å². The van der Waals surface area contributed by atoms with E-state index in [-0.39, 0.29) is 19.2 Å². The summed E-state index contributed by atoms with van der Waals surface area (Å²) in [5, 5.41) is 22.4. The summed E-state index contributed by atoms with van der Waals surface area (Å²) in [5.74, 6) is 0.232. The molecule has 4 nitrogen and oxygen atoms in total. The lowest BCUT2D eigenvalue weighted by Crippen LogP contribution is -2.33. The molecule has 1 aliphatic rings. The van der Waals surface area contributed by atoms with Crippen LogP contribution in [0, 0.1) is 0 Å². The van der Waals surface area contributed by atoms with Crippen LogP contribution in [-0.4, -0.2) is 26.9 Å². The minimum atomic E-state index is -0.221. The quantitative estimate of drug-likeness (QED) is 0.639. The molecule has 0 fully saturated rings. The van der Waals surface area contributed by atoms with Crippen LogP contribution in [0.2, 0.25) is 0 Å². The minimum Gasteiger partial charge on any atom is -0.508 e. The van der Waals surface area contributed by atoms with Gasteiger partial charge in [-0.2, -0.15) is 5.06 Å². The second-order valence-electron chi connectivity index (χ2n) is 5.47. The molecular formula is C18H20N2O2. The fourth-order valence-electron chi connectivity index (χ4n) is 3.22.